The third-order valence-corrected chi connectivity index (χ3v) is 3.24. The summed E-state index contributed by atoms with van der Waals surface area (Å²) >= 11 is 12.0. The summed E-state index contributed by atoms with van der Waals surface area (Å²) in [6.45, 7) is 2.63. The molecular weight excluding hydrogens is 285 g/mol. The minimum absolute atomic E-state index is 0.271. The van der Waals surface area contributed by atoms with Gasteiger partial charge in [0.05, 0.1) is 0 Å². The molecular formula is C14H13Cl2NO2. The molecule has 1 aromatic carbocycles. The van der Waals surface area contributed by atoms with Gasteiger partial charge >= 0.3 is 5.97 Å². The van der Waals surface area contributed by atoms with E-state index >= 15 is 0 Å². The van der Waals surface area contributed by atoms with Crippen molar-refractivity contribution in [3.05, 3.63) is 46.1 Å². The molecule has 0 saturated heterocycles. The number of aromatic carboxylic acids is 1. The number of hydrogen-bond donors (Lipinski definition) is 1. The summed E-state index contributed by atoms with van der Waals surface area (Å²) < 4.78 is 1.77. The zero-order valence-corrected chi connectivity index (χ0v) is 11.9. The number of halogens is 2. The van der Waals surface area contributed by atoms with Crippen molar-refractivity contribution in [3.63, 3.8) is 0 Å². The molecule has 0 saturated carbocycles. The van der Waals surface area contributed by atoms with E-state index in [0.717, 1.165) is 17.7 Å². The van der Waals surface area contributed by atoms with Crippen LogP contribution in [0.1, 0.15) is 23.8 Å². The largest absolute Gasteiger partial charge is 0.477 e. The molecule has 2 rings (SSSR count). The molecule has 5 heteroatoms. The van der Waals surface area contributed by atoms with Gasteiger partial charge in [0.2, 0.25) is 0 Å². The van der Waals surface area contributed by atoms with Crippen LogP contribution in [-0.4, -0.2) is 15.6 Å². The third kappa shape index (κ3) is 2.94. The van der Waals surface area contributed by atoms with Crippen molar-refractivity contribution in [2.24, 2.45) is 0 Å². The van der Waals surface area contributed by atoms with Crippen LogP contribution in [0.4, 0.5) is 0 Å². The molecule has 0 amide bonds. The van der Waals surface area contributed by atoms with Crippen molar-refractivity contribution in [3.8, 4) is 11.3 Å². The Morgan fingerprint density at radius 3 is 2.37 bits per heavy atom. The van der Waals surface area contributed by atoms with Crippen LogP contribution < -0.4 is 0 Å². The maximum absolute atomic E-state index is 11.2. The lowest BCUT2D eigenvalue weighted by Crippen LogP contribution is -2.09. The Hall–Kier alpha value is -1.45. The topological polar surface area (TPSA) is 42.2 Å². The van der Waals surface area contributed by atoms with Crippen molar-refractivity contribution in [2.45, 2.75) is 19.9 Å². The van der Waals surface area contributed by atoms with E-state index in [1.807, 2.05) is 6.92 Å². The summed E-state index contributed by atoms with van der Waals surface area (Å²) in [5.74, 6) is -0.937. The molecule has 0 aliphatic carbocycles. The van der Waals surface area contributed by atoms with Crippen LogP contribution in [0.25, 0.3) is 11.3 Å². The summed E-state index contributed by atoms with van der Waals surface area (Å²) in [7, 11) is 0. The fourth-order valence-corrected chi connectivity index (χ4v) is 2.60. The molecule has 0 unspecified atom stereocenters. The van der Waals surface area contributed by atoms with Gasteiger partial charge in [-0.25, -0.2) is 4.79 Å². The normalized spacial score (nSPS) is 10.7. The van der Waals surface area contributed by atoms with Gasteiger partial charge in [-0.1, -0.05) is 30.1 Å². The summed E-state index contributed by atoms with van der Waals surface area (Å²) in [4.78, 5) is 11.2. The molecule has 0 aliphatic rings. The maximum Gasteiger partial charge on any atom is 0.352 e. The first-order chi connectivity index (χ1) is 9.02. The summed E-state index contributed by atoms with van der Waals surface area (Å²) in [6, 6.07) is 8.59. The Morgan fingerprint density at radius 2 is 1.84 bits per heavy atom. The van der Waals surface area contributed by atoms with Crippen LogP contribution in [0.5, 0.6) is 0 Å². The smallest absolute Gasteiger partial charge is 0.352 e. The highest BCUT2D eigenvalue weighted by Gasteiger charge is 2.15. The highest BCUT2D eigenvalue weighted by atomic mass is 35.5. The number of hydrogen-bond acceptors (Lipinski definition) is 1. The molecule has 0 bridgehead atoms. The molecule has 1 N–H and O–H groups in total. The number of benzene rings is 1. The van der Waals surface area contributed by atoms with Gasteiger partial charge in [0.1, 0.15) is 5.69 Å². The second kappa shape index (κ2) is 5.68. The van der Waals surface area contributed by atoms with Crippen molar-refractivity contribution in [1.82, 2.24) is 4.57 Å². The fourth-order valence-electron chi connectivity index (χ4n) is 2.07. The van der Waals surface area contributed by atoms with Gasteiger partial charge in [0.15, 0.2) is 0 Å². The molecule has 0 atom stereocenters. The van der Waals surface area contributed by atoms with E-state index in [9.17, 15) is 9.90 Å². The molecule has 100 valence electrons. The molecule has 2 aromatic rings. The first kappa shape index (κ1) is 14.0. The SMILES string of the molecule is CCCn1c(C(=O)O)ccc1-c1cc(Cl)cc(Cl)c1. The zero-order chi connectivity index (χ0) is 14.0. The number of aromatic nitrogens is 1. The van der Waals surface area contributed by atoms with Crippen LogP contribution in [0.15, 0.2) is 30.3 Å². The predicted molar refractivity (Wildman–Crippen MR) is 77.1 cm³/mol. The molecule has 3 nitrogen and oxygen atoms in total. The van der Waals surface area contributed by atoms with Crippen LogP contribution in [0.3, 0.4) is 0 Å². The number of nitrogens with zero attached hydrogens (tertiary/aromatic N) is 1. The van der Waals surface area contributed by atoms with Gasteiger partial charge in [-0.3, -0.25) is 0 Å². The number of carbonyl (C=O) groups is 1. The van der Waals surface area contributed by atoms with E-state index in [-0.39, 0.29) is 5.69 Å². The Labute approximate surface area is 121 Å². The first-order valence-corrected chi connectivity index (χ1v) is 6.67. The van der Waals surface area contributed by atoms with E-state index in [2.05, 4.69) is 0 Å². The zero-order valence-electron chi connectivity index (χ0n) is 10.4. The maximum atomic E-state index is 11.2. The van der Waals surface area contributed by atoms with Crippen molar-refractivity contribution in [2.75, 3.05) is 0 Å². The van der Waals surface area contributed by atoms with E-state index < -0.39 is 5.97 Å². The first-order valence-electron chi connectivity index (χ1n) is 5.92. The van der Waals surface area contributed by atoms with Crippen LogP contribution in [0, 0.1) is 0 Å². The van der Waals surface area contributed by atoms with E-state index in [1.165, 1.54) is 0 Å². The van der Waals surface area contributed by atoms with Crippen molar-refractivity contribution < 1.29 is 9.90 Å². The van der Waals surface area contributed by atoms with Gasteiger partial charge in [-0.2, -0.15) is 0 Å². The van der Waals surface area contributed by atoms with Crippen LogP contribution in [0.2, 0.25) is 10.0 Å². The Kier molecular flexibility index (Phi) is 4.17. The second-order valence-corrected chi connectivity index (χ2v) is 5.09. The third-order valence-electron chi connectivity index (χ3n) is 2.81. The standard InChI is InChI=1S/C14H13Cl2NO2/c1-2-5-17-12(3-4-13(17)14(18)19)9-6-10(15)8-11(16)7-9/h3-4,6-8H,2,5H2,1H3,(H,18,19). The average molecular weight is 298 g/mol. The van der Waals surface area contributed by atoms with Crippen LogP contribution in [-0.2, 0) is 6.54 Å². The monoisotopic (exact) mass is 297 g/mol. The van der Waals surface area contributed by atoms with E-state index in [0.29, 0.717) is 16.6 Å². The highest BCUT2D eigenvalue weighted by molar-refractivity contribution is 6.35. The molecule has 0 fully saturated rings. The summed E-state index contributed by atoms with van der Waals surface area (Å²) in [5, 5.41) is 10.3. The average Bonchev–Trinajstić information content (AvgIpc) is 2.72. The Bertz CT molecular complexity index is 600. The van der Waals surface area contributed by atoms with Gasteiger partial charge in [-0.15, -0.1) is 0 Å². The molecule has 1 heterocycles. The fraction of sp³-hybridized carbons (Fsp3) is 0.214. The number of carboxylic acids is 1. The van der Waals surface area contributed by atoms with Crippen molar-refractivity contribution >= 4 is 29.2 Å². The highest BCUT2D eigenvalue weighted by Crippen LogP contribution is 2.29. The summed E-state index contributed by atoms with van der Waals surface area (Å²) in [6.07, 6.45) is 0.844. The Morgan fingerprint density at radius 1 is 1.21 bits per heavy atom. The minimum atomic E-state index is -0.937. The van der Waals surface area contributed by atoms with Crippen LogP contribution >= 0.6 is 23.2 Å². The van der Waals surface area contributed by atoms with Gasteiger partial charge in [0.25, 0.3) is 0 Å². The molecule has 1 aromatic heterocycles. The lowest BCUT2D eigenvalue weighted by atomic mass is 10.1. The number of carboxylic acid groups (broad SMARTS) is 1. The van der Waals surface area contributed by atoms with E-state index in [1.54, 1.807) is 34.9 Å². The Balaban J connectivity index is 2.58. The van der Waals surface area contributed by atoms with E-state index in [4.69, 9.17) is 23.2 Å². The minimum Gasteiger partial charge on any atom is -0.477 e. The van der Waals surface area contributed by atoms with Crippen molar-refractivity contribution in [1.29, 1.82) is 0 Å². The van der Waals surface area contributed by atoms with Gasteiger partial charge < -0.3 is 9.67 Å². The molecule has 0 radical (unpaired) electrons. The lowest BCUT2D eigenvalue weighted by Gasteiger charge is -2.11. The molecule has 0 spiro atoms. The van der Waals surface area contributed by atoms with Gasteiger partial charge in [-0.05, 0) is 36.8 Å². The molecule has 19 heavy (non-hydrogen) atoms. The lowest BCUT2D eigenvalue weighted by molar-refractivity contribution is 0.0685. The quantitative estimate of drug-likeness (QED) is 0.898. The second-order valence-electron chi connectivity index (χ2n) is 4.22. The van der Waals surface area contributed by atoms with Gasteiger partial charge in [0, 0.05) is 27.8 Å². The number of rotatable bonds is 4. The predicted octanol–water partition coefficient (Wildman–Crippen LogP) is 4.57. The summed E-state index contributed by atoms with van der Waals surface area (Å²) in [5.41, 5.74) is 1.90. The molecule has 0 aliphatic heterocycles.